The second kappa shape index (κ2) is 7.40. The van der Waals surface area contributed by atoms with Crippen LogP contribution in [0.4, 0.5) is 0 Å². The van der Waals surface area contributed by atoms with E-state index in [0.717, 1.165) is 12.8 Å². The Morgan fingerprint density at radius 1 is 1.26 bits per heavy atom. The minimum absolute atomic E-state index is 0.150. The highest BCUT2D eigenvalue weighted by molar-refractivity contribution is 6.35. The first kappa shape index (κ1) is 17.5. The molecule has 7 heteroatoms. The Morgan fingerprint density at radius 2 is 2.15 bits per heavy atom. The van der Waals surface area contributed by atoms with E-state index in [4.69, 9.17) is 16.0 Å². The first-order chi connectivity index (χ1) is 13.1. The fourth-order valence-electron chi connectivity index (χ4n) is 3.26. The number of nitrogens with zero attached hydrogens (tertiary/aromatic N) is 1. The van der Waals surface area contributed by atoms with Gasteiger partial charge in [0.25, 0.3) is 5.91 Å². The van der Waals surface area contributed by atoms with Gasteiger partial charge in [-0.05, 0) is 43.5 Å². The molecule has 138 valence electrons. The summed E-state index contributed by atoms with van der Waals surface area (Å²) in [6, 6.07) is 9.94. The molecule has 1 aliphatic rings. The van der Waals surface area contributed by atoms with Crippen molar-refractivity contribution in [1.82, 2.24) is 15.6 Å². The van der Waals surface area contributed by atoms with Crippen molar-refractivity contribution in [2.24, 2.45) is 0 Å². The lowest BCUT2D eigenvalue weighted by atomic mass is 10.0. The average Bonchev–Trinajstić information content (AvgIpc) is 3.13. The minimum Gasteiger partial charge on any atom is -0.463 e. The van der Waals surface area contributed by atoms with Gasteiger partial charge in [-0.1, -0.05) is 23.7 Å². The van der Waals surface area contributed by atoms with Gasteiger partial charge in [0.2, 0.25) is 5.91 Å². The highest BCUT2D eigenvalue weighted by Gasteiger charge is 2.24. The van der Waals surface area contributed by atoms with E-state index < -0.39 is 6.04 Å². The number of para-hydroxylation sites is 1. The number of fused-ring (bicyclic) bond motifs is 1. The van der Waals surface area contributed by atoms with Gasteiger partial charge < -0.3 is 15.1 Å². The molecule has 6 nitrogen and oxygen atoms in total. The summed E-state index contributed by atoms with van der Waals surface area (Å²) in [7, 11) is 0. The van der Waals surface area contributed by atoms with Gasteiger partial charge in [0.15, 0.2) is 5.76 Å². The molecule has 1 saturated heterocycles. The van der Waals surface area contributed by atoms with Crippen LogP contribution in [0.15, 0.2) is 47.1 Å². The van der Waals surface area contributed by atoms with E-state index in [2.05, 4.69) is 15.6 Å². The Labute approximate surface area is 160 Å². The lowest BCUT2D eigenvalue weighted by molar-refractivity contribution is -0.122. The van der Waals surface area contributed by atoms with Crippen LogP contribution < -0.4 is 10.6 Å². The number of aromatic nitrogens is 1. The van der Waals surface area contributed by atoms with Crippen molar-refractivity contribution in [2.75, 3.05) is 6.54 Å². The number of hydrogen-bond donors (Lipinski definition) is 2. The summed E-state index contributed by atoms with van der Waals surface area (Å²) in [4.78, 5) is 29.8. The van der Waals surface area contributed by atoms with Crippen LogP contribution >= 0.6 is 11.6 Å². The average molecular weight is 384 g/mol. The fourth-order valence-corrected chi connectivity index (χ4v) is 3.48. The summed E-state index contributed by atoms with van der Waals surface area (Å²) >= 11 is 6.31. The summed E-state index contributed by atoms with van der Waals surface area (Å²) in [5.41, 5.74) is 1.44. The predicted octanol–water partition coefficient (Wildman–Crippen LogP) is 3.55. The number of amides is 2. The Bertz CT molecular complexity index is 1000. The molecular weight excluding hydrogens is 366 g/mol. The summed E-state index contributed by atoms with van der Waals surface area (Å²) in [6.45, 7) is 0.641. The van der Waals surface area contributed by atoms with Crippen molar-refractivity contribution in [3.05, 3.63) is 53.2 Å². The number of pyridine rings is 1. The second-order valence-corrected chi connectivity index (χ2v) is 6.89. The molecule has 4 rings (SSSR count). The molecule has 2 N–H and O–H groups in total. The largest absolute Gasteiger partial charge is 0.463 e. The zero-order chi connectivity index (χ0) is 18.8. The zero-order valence-electron chi connectivity index (χ0n) is 14.5. The van der Waals surface area contributed by atoms with Crippen LogP contribution in [0.5, 0.6) is 0 Å². The van der Waals surface area contributed by atoms with E-state index in [1.807, 2.05) is 0 Å². The quantitative estimate of drug-likeness (QED) is 0.724. The third-order valence-corrected chi connectivity index (χ3v) is 4.95. The summed E-state index contributed by atoms with van der Waals surface area (Å²) in [5.74, 6) is 0.0566. The van der Waals surface area contributed by atoms with Crippen LogP contribution in [0.25, 0.3) is 22.4 Å². The molecule has 1 atom stereocenters. The molecule has 3 heterocycles. The first-order valence-electron chi connectivity index (χ1n) is 8.85. The maximum atomic E-state index is 13.0. The van der Waals surface area contributed by atoms with E-state index in [0.29, 0.717) is 45.9 Å². The number of carbonyl (C=O) groups excluding carboxylic acids is 2. The Kier molecular flexibility index (Phi) is 4.81. The molecule has 0 radical (unpaired) electrons. The van der Waals surface area contributed by atoms with E-state index in [1.165, 1.54) is 0 Å². The number of halogens is 1. The van der Waals surface area contributed by atoms with Crippen molar-refractivity contribution in [2.45, 2.75) is 25.3 Å². The van der Waals surface area contributed by atoms with Crippen molar-refractivity contribution in [1.29, 1.82) is 0 Å². The van der Waals surface area contributed by atoms with Gasteiger partial charge in [0.1, 0.15) is 11.7 Å². The second-order valence-electron chi connectivity index (χ2n) is 6.48. The molecule has 0 aliphatic carbocycles. The Hall–Kier alpha value is -2.86. The molecule has 3 aromatic rings. The number of furan rings is 1. The van der Waals surface area contributed by atoms with Crippen molar-refractivity contribution < 1.29 is 14.0 Å². The zero-order valence-corrected chi connectivity index (χ0v) is 15.3. The van der Waals surface area contributed by atoms with Crippen molar-refractivity contribution in [3.8, 4) is 11.5 Å². The molecule has 2 amide bonds. The lowest BCUT2D eigenvalue weighted by Crippen LogP contribution is -2.45. The molecule has 1 fully saturated rings. The van der Waals surface area contributed by atoms with Crippen LogP contribution in [0, 0.1) is 0 Å². The van der Waals surface area contributed by atoms with Crippen LogP contribution in [0.2, 0.25) is 5.02 Å². The summed E-state index contributed by atoms with van der Waals surface area (Å²) < 4.78 is 5.43. The monoisotopic (exact) mass is 383 g/mol. The van der Waals surface area contributed by atoms with Crippen molar-refractivity contribution >= 4 is 34.3 Å². The number of hydrogen-bond acceptors (Lipinski definition) is 4. The molecule has 0 spiro atoms. The van der Waals surface area contributed by atoms with Crippen LogP contribution in [-0.4, -0.2) is 29.4 Å². The molecular formula is C20H18ClN3O3. The van der Waals surface area contributed by atoms with E-state index in [-0.39, 0.29) is 11.8 Å². The van der Waals surface area contributed by atoms with Crippen LogP contribution in [0.3, 0.4) is 0 Å². The summed E-state index contributed by atoms with van der Waals surface area (Å²) in [6.07, 6.45) is 3.95. The Morgan fingerprint density at radius 3 is 2.96 bits per heavy atom. The fraction of sp³-hybridized carbons (Fsp3) is 0.250. The van der Waals surface area contributed by atoms with Gasteiger partial charge in [0, 0.05) is 11.9 Å². The minimum atomic E-state index is -0.547. The molecule has 2 aromatic heterocycles. The third kappa shape index (κ3) is 3.53. The molecule has 27 heavy (non-hydrogen) atoms. The number of benzene rings is 1. The number of rotatable bonds is 3. The highest BCUT2D eigenvalue weighted by Crippen LogP contribution is 2.29. The third-order valence-electron chi connectivity index (χ3n) is 4.65. The summed E-state index contributed by atoms with van der Waals surface area (Å²) in [5, 5.41) is 6.76. The Balaban J connectivity index is 1.76. The SMILES string of the molecule is O=C(NC1CCCCNC1=O)c1cc(-c2ccco2)nc2c(Cl)cccc12. The maximum absolute atomic E-state index is 13.0. The van der Waals surface area contributed by atoms with Crippen LogP contribution in [-0.2, 0) is 4.79 Å². The van der Waals surface area contributed by atoms with Crippen LogP contribution in [0.1, 0.15) is 29.6 Å². The first-order valence-corrected chi connectivity index (χ1v) is 9.23. The smallest absolute Gasteiger partial charge is 0.252 e. The van der Waals surface area contributed by atoms with Gasteiger partial charge in [-0.25, -0.2) is 4.98 Å². The lowest BCUT2D eigenvalue weighted by Gasteiger charge is -2.16. The number of carbonyl (C=O) groups is 2. The normalized spacial score (nSPS) is 17.4. The maximum Gasteiger partial charge on any atom is 0.252 e. The van der Waals surface area contributed by atoms with Gasteiger partial charge >= 0.3 is 0 Å². The molecule has 0 bridgehead atoms. The molecule has 1 aromatic carbocycles. The molecule has 1 unspecified atom stereocenters. The van der Waals surface area contributed by atoms with E-state index >= 15 is 0 Å². The van der Waals surface area contributed by atoms with Gasteiger partial charge in [-0.3, -0.25) is 9.59 Å². The van der Waals surface area contributed by atoms with E-state index in [9.17, 15) is 9.59 Å². The molecule has 1 aliphatic heterocycles. The standard InChI is InChI=1S/C20H18ClN3O3/c21-14-6-3-5-12-13(11-16(23-18(12)14)17-8-4-10-27-17)19(25)24-15-7-1-2-9-22-20(15)26/h3-6,8,10-11,15H,1-2,7,9H2,(H,22,26)(H,24,25). The highest BCUT2D eigenvalue weighted by atomic mass is 35.5. The number of nitrogens with one attached hydrogen (secondary N) is 2. The molecule has 0 saturated carbocycles. The van der Waals surface area contributed by atoms with Gasteiger partial charge in [0.05, 0.1) is 22.4 Å². The topological polar surface area (TPSA) is 84.2 Å². The van der Waals surface area contributed by atoms with Gasteiger partial charge in [-0.2, -0.15) is 0 Å². The van der Waals surface area contributed by atoms with Crippen molar-refractivity contribution in [3.63, 3.8) is 0 Å². The predicted molar refractivity (Wildman–Crippen MR) is 103 cm³/mol. The van der Waals surface area contributed by atoms with E-state index in [1.54, 1.807) is 42.7 Å². The van der Waals surface area contributed by atoms with Gasteiger partial charge in [-0.15, -0.1) is 0 Å².